The van der Waals surface area contributed by atoms with Crippen molar-refractivity contribution in [2.75, 3.05) is 16.8 Å². The van der Waals surface area contributed by atoms with Crippen LogP contribution in [0.25, 0.3) is 0 Å². The van der Waals surface area contributed by atoms with Crippen LogP contribution in [0.5, 0.6) is 0 Å². The summed E-state index contributed by atoms with van der Waals surface area (Å²) in [5.74, 6) is -1.47. The molecule has 3 heterocycles. The molecule has 3 amide bonds. The monoisotopic (exact) mass is 410 g/mol. The van der Waals surface area contributed by atoms with E-state index in [0.717, 1.165) is 4.90 Å². The molecule has 11 heteroatoms. The van der Waals surface area contributed by atoms with Crippen molar-refractivity contribution in [1.29, 1.82) is 0 Å². The van der Waals surface area contributed by atoms with Crippen LogP contribution >= 0.6 is 0 Å². The standard InChI is InChI=1S/C19H14N4O7/c1-9-5-14(21-29-9)20-16(24)8-28-19(27)11-3-4-12-13(7-11)18(26)23(17(12)25)15-6-10(2)30-22-15/h3-7H,8H2,1-2H3,(H,20,21,24). The average Bonchev–Trinajstić information content (AvgIpc) is 3.39. The first kappa shape index (κ1) is 19.1. The van der Waals surface area contributed by atoms with Gasteiger partial charge in [0.2, 0.25) is 0 Å². The fraction of sp³-hybridized carbons (Fsp3) is 0.158. The average molecular weight is 410 g/mol. The summed E-state index contributed by atoms with van der Waals surface area (Å²) in [6.45, 7) is 2.72. The molecule has 1 aromatic carbocycles. The first-order chi connectivity index (χ1) is 14.3. The van der Waals surface area contributed by atoms with Crippen molar-refractivity contribution in [2.24, 2.45) is 0 Å². The Bertz CT molecular complexity index is 1190. The Kier molecular flexibility index (Phi) is 4.62. The van der Waals surface area contributed by atoms with Crippen molar-refractivity contribution in [3.63, 3.8) is 0 Å². The van der Waals surface area contributed by atoms with Gasteiger partial charge in [0.1, 0.15) is 11.5 Å². The Morgan fingerprint density at radius 3 is 2.37 bits per heavy atom. The fourth-order valence-electron chi connectivity index (χ4n) is 2.85. The number of fused-ring (bicyclic) bond motifs is 1. The van der Waals surface area contributed by atoms with E-state index in [1.807, 2.05) is 0 Å². The molecule has 0 radical (unpaired) electrons. The second kappa shape index (κ2) is 7.28. The van der Waals surface area contributed by atoms with Crippen LogP contribution in [0.15, 0.2) is 39.4 Å². The first-order valence-electron chi connectivity index (χ1n) is 8.70. The van der Waals surface area contributed by atoms with Crippen LogP contribution in [0.3, 0.4) is 0 Å². The zero-order valence-corrected chi connectivity index (χ0v) is 15.8. The first-order valence-corrected chi connectivity index (χ1v) is 8.70. The van der Waals surface area contributed by atoms with Gasteiger partial charge in [-0.05, 0) is 32.0 Å². The Morgan fingerprint density at radius 1 is 1.00 bits per heavy atom. The molecule has 4 rings (SSSR count). The van der Waals surface area contributed by atoms with E-state index in [1.165, 1.54) is 30.3 Å². The summed E-state index contributed by atoms with van der Waals surface area (Å²) in [4.78, 5) is 50.2. The Labute approximate surface area is 168 Å². The summed E-state index contributed by atoms with van der Waals surface area (Å²) >= 11 is 0. The number of benzene rings is 1. The fourth-order valence-corrected chi connectivity index (χ4v) is 2.85. The zero-order chi connectivity index (χ0) is 21.4. The molecule has 11 nitrogen and oxygen atoms in total. The molecule has 1 N–H and O–H groups in total. The van der Waals surface area contributed by atoms with E-state index in [2.05, 4.69) is 15.6 Å². The van der Waals surface area contributed by atoms with Crippen LogP contribution in [0.4, 0.5) is 11.6 Å². The van der Waals surface area contributed by atoms with Gasteiger partial charge in [-0.25, -0.2) is 9.69 Å². The van der Waals surface area contributed by atoms with Gasteiger partial charge in [-0.2, -0.15) is 0 Å². The molecule has 0 bridgehead atoms. The lowest BCUT2D eigenvalue weighted by Crippen LogP contribution is -2.29. The van der Waals surface area contributed by atoms with Crippen LogP contribution in [0, 0.1) is 13.8 Å². The smallest absolute Gasteiger partial charge is 0.338 e. The predicted molar refractivity (Wildman–Crippen MR) is 99.0 cm³/mol. The second-order valence-corrected chi connectivity index (χ2v) is 6.45. The van der Waals surface area contributed by atoms with Crippen LogP contribution in [-0.2, 0) is 9.53 Å². The third-order valence-corrected chi connectivity index (χ3v) is 4.20. The molecule has 0 atom stereocenters. The molecular formula is C19H14N4O7. The molecule has 0 saturated heterocycles. The normalized spacial score (nSPS) is 12.8. The number of nitrogens with zero attached hydrogens (tertiary/aromatic N) is 3. The van der Waals surface area contributed by atoms with E-state index in [-0.39, 0.29) is 28.3 Å². The maximum Gasteiger partial charge on any atom is 0.338 e. The van der Waals surface area contributed by atoms with Gasteiger partial charge in [-0.15, -0.1) is 0 Å². The Hall–Kier alpha value is -4.28. The lowest BCUT2D eigenvalue weighted by molar-refractivity contribution is -0.119. The highest BCUT2D eigenvalue weighted by atomic mass is 16.5. The van der Waals surface area contributed by atoms with Crippen molar-refractivity contribution in [3.05, 3.63) is 58.5 Å². The molecule has 0 spiro atoms. The predicted octanol–water partition coefficient (Wildman–Crippen LogP) is 1.88. The number of aryl methyl sites for hydroxylation is 2. The number of hydrogen-bond acceptors (Lipinski definition) is 9. The summed E-state index contributed by atoms with van der Waals surface area (Å²) in [5, 5.41) is 9.69. The molecule has 2 aromatic heterocycles. The molecular weight excluding hydrogens is 396 g/mol. The van der Waals surface area contributed by atoms with Crippen molar-refractivity contribution >= 4 is 35.3 Å². The van der Waals surface area contributed by atoms with E-state index in [0.29, 0.717) is 11.5 Å². The molecule has 0 saturated carbocycles. The number of imide groups is 1. The SMILES string of the molecule is Cc1cc(NC(=O)COC(=O)c2ccc3c(c2)C(=O)N(c2cc(C)on2)C3=O)no1. The van der Waals surface area contributed by atoms with Crippen molar-refractivity contribution in [3.8, 4) is 0 Å². The number of carbonyl (C=O) groups is 4. The van der Waals surface area contributed by atoms with Crippen molar-refractivity contribution < 1.29 is 33.0 Å². The summed E-state index contributed by atoms with van der Waals surface area (Å²) < 4.78 is 14.7. The molecule has 3 aromatic rings. The minimum atomic E-state index is -0.833. The van der Waals surface area contributed by atoms with Crippen LogP contribution < -0.4 is 10.2 Å². The number of anilines is 2. The lowest BCUT2D eigenvalue weighted by Gasteiger charge is -2.07. The molecule has 0 aliphatic carbocycles. The lowest BCUT2D eigenvalue weighted by atomic mass is 10.1. The van der Waals surface area contributed by atoms with Gasteiger partial charge in [-0.3, -0.25) is 14.4 Å². The quantitative estimate of drug-likeness (QED) is 0.492. The van der Waals surface area contributed by atoms with Gasteiger partial charge in [0.15, 0.2) is 18.2 Å². The van der Waals surface area contributed by atoms with Gasteiger partial charge in [0, 0.05) is 12.1 Å². The van der Waals surface area contributed by atoms with Gasteiger partial charge >= 0.3 is 5.97 Å². The van der Waals surface area contributed by atoms with Crippen LogP contribution in [0.2, 0.25) is 0 Å². The van der Waals surface area contributed by atoms with Gasteiger partial charge in [-0.1, -0.05) is 10.3 Å². The molecule has 30 heavy (non-hydrogen) atoms. The van der Waals surface area contributed by atoms with Crippen molar-refractivity contribution in [1.82, 2.24) is 10.3 Å². The van der Waals surface area contributed by atoms with Gasteiger partial charge in [0.25, 0.3) is 17.7 Å². The van der Waals surface area contributed by atoms with Gasteiger partial charge < -0.3 is 19.1 Å². The number of ether oxygens (including phenoxy) is 1. The number of hydrogen-bond donors (Lipinski definition) is 1. The third kappa shape index (κ3) is 3.43. The highest BCUT2D eigenvalue weighted by Crippen LogP contribution is 2.28. The minimum absolute atomic E-state index is 0.0122. The van der Waals surface area contributed by atoms with E-state index in [9.17, 15) is 19.2 Å². The summed E-state index contributed by atoms with van der Waals surface area (Å²) in [6, 6.07) is 6.88. The molecule has 1 aliphatic rings. The molecule has 0 fully saturated rings. The highest BCUT2D eigenvalue weighted by molar-refractivity contribution is 6.34. The largest absolute Gasteiger partial charge is 0.452 e. The number of rotatable bonds is 5. The Morgan fingerprint density at radius 2 is 1.70 bits per heavy atom. The molecule has 152 valence electrons. The van der Waals surface area contributed by atoms with E-state index >= 15 is 0 Å². The summed E-state index contributed by atoms with van der Waals surface area (Å²) in [7, 11) is 0. The van der Waals surface area contributed by atoms with E-state index in [1.54, 1.807) is 13.8 Å². The van der Waals surface area contributed by atoms with Crippen molar-refractivity contribution in [2.45, 2.75) is 13.8 Å². The topological polar surface area (TPSA) is 145 Å². The summed E-state index contributed by atoms with van der Waals surface area (Å²) in [6.07, 6.45) is 0. The second-order valence-electron chi connectivity index (χ2n) is 6.45. The van der Waals surface area contributed by atoms with E-state index < -0.39 is 30.3 Å². The number of aromatic nitrogens is 2. The number of nitrogens with one attached hydrogen (secondary N) is 1. The number of amides is 3. The molecule has 1 aliphatic heterocycles. The molecule has 0 unspecified atom stereocenters. The summed E-state index contributed by atoms with van der Waals surface area (Å²) in [5.41, 5.74) is 0.159. The van der Waals surface area contributed by atoms with Gasteiger partial charge in [0.05, 0.1) is 16.7 Å². The highest BCUT2D eigenvalue weighted by Gasteiger charge is 2.38. The van der Waals surface area contributed by atoms with Crippen LogP contribution in [-0.4, -0.2) is 40.6 Å². The van der Waals surface area contributed by atoms with Crippen LogP contribution in [0.1, 0.15) is 42.6 Å². The minimum Gasteiger partial charge on any atom is -0.452 e. The Balaban J connectivity index is 1.45. The maximum absolute atomic E-state index is 12.7. The zero-order valence-electron chi connectivity index (χ0n) is 15.8. The number of carbonyl (C=O) groups excluding carboxylic acids is 4. The van der Waals surface area contributed by atoms with E-state index in [4.69, 9.17) is 13.8 Å². The number of esters is 1. The maximum atomic E-state index is 12.7. The third-order valence-electron chi connectivity index (χ3n) is 4.20.